The molecule has 2 aromatic rings. The van der Waals surface area contributed by atoms with Crippen LogP contribution in [0.25, 0.3) is 0 Å². The van der Waals surface area contributed by atoms with Gasteiger partial charge >= 0.3 is 12.6 Å². The van der Waals surface area contributed by atoms with Crippen molar-refractivity contribution in [2.24, 2.45) is 0 Å². The summed E-state index contributed by atoms with van der Waals surface area (Å²) in [6.07, 6.45) is 0.662. The third-order valence-corrected chi connectivity index (χ3v) is 4.19. The lowest BCUT2D eigenvalue weighted by Crippen LogP contribution is -2.43. The van der Waals surface area contributed by atoms with Crippen LogP contribution < -0.4 is 10.1 Å². The van der Waals surface area contributed by atoms with E-state index >= 15 is 0 Å². The fourth-order valence-corrected chi connectivity index (χ4v) is 3.05. The van der Waals surface area contributed by atoms with Gasteiger partial charge in [0.25, 0.3) is 0 Å². The van der Waals surface area contributed by atoms with Crippen molar-refractivity contribution in [3.05, 3.63) is 59.7 Å². The summed E-state index contributed by atoms with van der Waals surface area (Å²) in [6.45, 7) is -2.78. The van der Waals surface area contributed by atoms with Crippen LogP contribution in [0.15, 0.2) is 48.5 Å². The maximum atomic E-state index is 12.6. The molecule has 1 aliphatic heterocycles. The highest BCUT2D eigenvalue weighted by Crippen LogP contribution is 2.31. The number of hydrogen-bond acceptors (Lipinski definition) is 3. The molecule has 0 spiro atoms. The molecule has 0 aliphatic carbocycles. The fourth-order valence-electron chi connectivity index (χ4n) is 3.05. The number of halogens is 2. The van der Waals surface area contributed by atoms with Crippen molar-refractivity contribution in [3.63, 3.8) is 0 Å². The smallest absolute Gasteiger partial charge is 0.387 e. The van der Waals surface area contributed by atoms with Crippen LogP contribution in [-0.2, 0) is 6.42 Å². The van der Waals surface area contributed by atoms with Gasteiger partial charge in [-0.25, -0.2) is 4.79 Å². The Morgan fingerprint density at radius 3 is 2.72 bits per heavy atom. The van der Waals surface area contributed by atoms with Crippen molar-refractivity contribution in [2.75, 3.05) is 18.5 Å². The average molecular weight is 348 g/mol. The summed E-state index contributed by atoms with van der Waals surface area (Å²) in [5.74, 6) is -0.108. The number of para-hydroxylation sites is 2. The molecule has 25 heavy (non-hydrogen) atoms. The van der Waals surface area contributed by atoms with Crippen molar-refractivity contribution in [2.45, 2.75) is 19.1 Å². The van der Waals surface area contributed by atoms with Crippen LogP contribution in [0.2, 0.25) is 0 Å². The van der Waals surface area contributed by atoms with E-state index in [0.717, 1.165) is 11.1 Å². The number of hydrogen-bond donors (Lipinski definition) is 2. The van der Waals surface area contributed by atoms with Crippen LogP contribution >= 0.6 is 0 Å². The van der Waals surface area contributed by atoms with Crippen molar-refractivity contribution in [3.8, 4) is 5.75 Å². The lowest BCUT2D eigenvalue weighted by Gasteiger charge is -2.36. The van der Waals surface area contributed by atoms with E-state index in [1.165, 1.54) is 17.0 Å². The Morgan fingerprint density at radius 1 is 1.24 bits per heavy atom. The summed E-state index contributed by atoms with van der Waals surface area (Å²) in [5, 5.41) is 12.3. The first-order valence-electron chi connectivity index (χ1n) is 7.90. The first-order valence-corrected chi connectivity index (χ1v) is 7.90. The lowest BCUT2D eigenvalue weighted by molar-refractivity contribution is -0.0493. The molecule has 3 rings (SSSR count). The fraction of sp³-hybridized carbons (Fsp3) is 0.278. The molecule has 2 aromatic carbocycles. The molecule has 1 unspecified atom stereocenters. The normalized spacial score (nSPS) is 16.5. The summed E-state index contributed by atoms with van der Waals surface area (Å²) in [5.41, 5.74) is 2.14. The van der Waals surface area contributed by atoms with E-state index in [1.54, 1.807) is 12.1 Å². The SMILES string of the molecule is O=C(Nc1ccccc1OC(F)F)N1CCc2ccccc2C1CO. The minimum absolute atomic E-state index is 0.108. The summed E-state index contributed by atoms with van der Waals surface area (Å²) >= 11 is 0. The Labute approximate surface area is 143 Å². The summed E-state index contributed by atoms with van der Waals surface area (Å²) in [6, 6.07) is 12.7. The number of carbonyl (C=O) groups excluding carboxylic acids is 1. The Balaban J connectivity index is 1.80. The quantitative estimate of drug-likeness (QED) is 0.890. The molecular formula is C18H18F2N2O3. The monoisotopic (exact) mass is 348 g/mol. The third-order valence-electron chi connectivity index (χ3n) is 4.19. The number of aliphatic hydroxyl groups excluding tert-OH is 1. The zero-order chi connectivity index (χ0) is 17.8. The van der Waals surface area contributed by atoms with Gasteiger partial charge in [0, 0.05) is 6.54 Å². The zero-order valence-corrected chi connectivity index (χ0v) is 13.4. The average Bonchev–Trinajstić information content (AvgIpc) is 2.61. The van der Waals surface area contributed by atoms with E-state index < -0.39 is 18.7 Å². The topological polar surface area (TPSA) is 61.8 Å². The maximum absolute atomic E-state index is 12.6. The molecule has 0 bridgehead atoms. The van der Waals surface area contributed by atoms with Crippen LogP contribution in [-0.4, -0.2) is 35.8 Å². The summed E-state index contributed by atoms with van der Waals surface area (Å²) < 4.78 is 29.4. The summed E-state index contributed by atoms with van der Waals surface area (Å²) in [7, 11) is 0. The molecule has 1 aliphatic rings. The number of alkyl halides is 2. The van der Waals surface area contributed by atoms with Crippen molar-refractivity contribution in [1.29, 1.82) is 0 Å². The van der Waals surface area contributed by atoms with Gasteiger partial charge in [-0.05, 0) is 29.7 Å². The van der Waals surface area contributed by atoms with E-state index in [-0.39, 0.29) is 18.0 Å². The largest absolute Gasteiger partial charge is 0.433 e. The first kappa shape index (κ1) is 17.2. The Kier molecular flexibility index (Phi) is 5.14. The molecule has 0 radical (unpaired) electrons. The van der Waals surface area contributed by atoms with Gasteiger partial charge in [-0.2, -0.15) is 8.78 Å². The van der Waals surface area contributed by atoms with Gasteiger partial charge in [0.05, 0.1) is 18.3 Å². The van der Waals surface area contributed by atoms with Crippen molar-refractivity contribution >= 4 is 11.7 Å². The van der Waals surface area contributed by atoms with Crippen LogP contribution in [0.3, 0.4) is 0 Å². The molecule has 7 heteroatoms. The number of nitrogens with one attached hydrogen (secondary N) is 1. The number of fused-ring (bicyclic) bond motifs is 1. The molecule has 0 saturated carbocycles. The van der Waals surface area contributed by atoms with Gasteiger partial charge in [0.1, 0.15) is 5.75 Å². The van der Waals surface area contributed by atoms with Gasteiger partial charge in [-0.15, -0.1) is 0 Å². The van der Waals surface area contributed by atoms with Gasteiger partial charge in [-0.1, -0.05) is 36.4 Å². The van der Waals surface area contributed by atoms with E-state index in [2.05, 4.69) is 10.1 Å². The van der Waals surface area contributed by atoms with Crippen LogP contribution in [0, 0.1) is 0 Å². The zero-order valence-electron chi connectivity index (χ0n) is 13.4. The van der Waals surface area contributed by atoms with Crippen molar-refractivity contribution in [1.82, 2.24) is 4.90 Å². The number of anilines is 1. The van der Waals surface area contributed by atoms with E-state index in [4.69, 9.17) is 0 Å². The predicted molar refractivity (Wildman–Crippen MR) is 88.8 cm³/mol. The predicted octanol–water partition coefficient (Wildman–Crippen LogP) is 3.41. The van der Waals surface area contributed by atoms with Crippen molar-refractivity contribution < 1.29 is 23.4 Å². The van der Waals surface area contributed by atoms with Gasteiger partial charge in [-0.3, -0.25) is 0 Å². The van der Waals surface area contributed by atoms with Crippen LogP contribution in [0.5, 0.6) is 5.75 Å². The molecule has 2 amide bonds. The standard InChI is InChI=1S/C18H18F2N2O3/c19-17(20)25-16-8-4-3-7-14(16)21-18(24)22-10-9-12-5-1-2-6-13(12)15(22)11-23/h1-8,15,17,23H,9-11H2,(H,21,24). The molecular weight excluding hydrogens is 330 g/mol. The number of rotatable bonds is 4. The molecule has 1 atom stereocenters. The van der Waals surface area contributed by atoms with Crippen LogP contribution in [0.4, 0.5) is 19.3 Å². The number of aliphatic hydroxyl groups is 1. The Hall–Kier alpha value is -2.67. The van der Waals surface area contributed by atoms with Gasteiger partial charge < -0.3 is 20.1 Å². The van der Waals surface area contributed by atoms with Crippen LogP contribution in [0.1, 0.15) is 17.2 Å². The van der Waals surface area contributed by atoms with Gasteiger partial charge in [0.2, 0.25) is 0 Å². The number of nitrogens with zero attached hydrogens (tertiary/aromatic N) is 1. The highest BCUT2D eigenvalue weighted by Gasteiger charge is 2.30. The molecule has 0 fully saturated rings. The summed E-state index contributed by atoms with van der Waals surface area (Å²) in [4.78, 5) is 14.1. The van der Waals surface area contributed by atoms with E-state index in [9.17, 15) is 18.7 Å². The number of urea groups is 1. The second-order valence-corrected chi connectivity index (χ2v) is 5.65. The minimum atomic E-state index is -2.98. The molecule has 5 nitrogen and oxygen atoms in total. The Bertz CT molecular complexity index is 755. The third kappa shape index (κ3) is 3.71. The molecule has 132 valence electrons. The minimum Gasteiger partial charge on any atom is -0.433 e. The second kappa shape index (κ2) is 7.48. The van der Waals surface area contributed by atoms with Gasteiger partial charge in [0.15, 0.2) is 0 Å². The Morgan fingerprint density at radius 2 is 1.96 bits per heavy atom. The molecule has 0 aromatic heterocycles. The molecule has 0 saturated heterocycles. The number of amides is 2. The highest BCUT2D eigenvalue weighted by molar-refractivity contribution is 5.91. The lowest BCUT2D eigenvalue weighted by atomic mass is 9.93. The highest BCUT2D eigenvalue weighted by atomic mass is 19.3. The van der Waals surface area contributed by atoms with E-state index in [1.807, 2.05) is 24.3 Å². The maximum Gasteiger partial charge on any atom is 0.387 e. The number of benzene rings is 2. The molecule has 2 N–H and O–H groups in total. The second-order valence-electron chi connectivity index (χ2n) is 5.65. The first-order chi connectivity index (χ1) is 12.1. The molecule has 1 heterocycles. The number of ether oxygens (including phenoxy) is 1. The van der Waals surface area contributed by atoms with E-state index in [0.29, 0.717) is 13.0 Å². The number of carbonyl (C=O) groups is 1.